The number of carbonyl (C=O) groups is 1. The number of hydrogen-bond donors (Lipinski definition) is 0. The van der Waals surface area contributed by atoms with Crippen LogP contribution in [-0.4, -0.2) is 67.4 Å². The first-order valence-electron chi connectivity index (χ1n) is 17.0. The van der Waals surface area contributed by atoms with E-state index in [0.29, 0.717) is 7.92 Å². The van der Waals surface area contributed by atoms with Gasteiger partial charge in [-0.3, -0.25) is 10.1 Å². The quantitative estimate of drug-likeness (QED) is 0.0568. The number of unbranched alkanes of at least 4 members (excludes halogenated alkanes) is 15. The van der Waals surface area contributed by atoms with E-state index in [1.165, 1.54) is 138 Å². The third kappa shape index (κ3) is 29.8. The highest BCUT2D eigenvalue weighted by atomic mass is 31.1. The van der Waals surface area contributed by atoms with Crippen LogP contribution in [0.2, 0.25) is 0 Å². The minimum Gasteiger partial charge on any atom is -0.331 e. The Labute approximate surface area is 262 Å². The number of amides is 2. The van der Waals surface area contributed by atoms with Gasteiger partial charge in [0.2, 0.25) is 0 Å². The van der Waals surface area contributed by atoms with Gasteiger partial charge in [0.15, 0.2) is 0 Å². The summed E-state index contributed by atoms with van der Waals surface area (Å²) < 4.78 is 0. The topological polar surface area (TPSA) is 66.7 Å². The second-order valence-electron chi connectivity index (χ2n) is 11.8. The molecule has 2 amide bonds. The third-order valence-electron chi connectivity index (χ3n) is 7.22. The van der Waals surface area contributed by atoms with Gasteiger partial charge in [-0.05, 0) is 37.7 Å². The van der Waals surface area contributed by atoms with Gasteiger partial charge in [0.05, 0.1) is 4.92 Å². The van der Waals surface area contributed by atoms with Crippen molar-refractivity contribution in [2.24, 2.45) is 0 Å². The number of rotatable bonds is 22. The highest BCUT2D eigenvalue weighted by molar-refractivity contribution is 7.57. The van der Waals surface area contributed by atoms with Crippen LogP contribution in [0.4, 0.5) is 10.5 Å². The average Bonchev–Trinajstić information content (AvgIpc) is 2.98. The Bertz CT molecular complexity index is 669. The Balaban J connectivity index is 0. The fourth-order valence-corrected chi connectivity index (χ4v) is 7.32. The lowest BCUT2D eigenvalue weighted by Gasteiger charge is -2.18. The molecule has 0 aliphatic carbocycles. The first kappa shape index (κ1) is 42.5. The summed E-state index contributed by atoms with van der Waals surface area (Å²) in [7, 11) is 7.26. The number of nitro groups is 1. The first-order chi connectivity index (χ1) is 20.2. The van der Waals surface area contributed by atoms with Crippen molar-refractivity contribution in [1.29, 1.82) is 0 Å². The van der Waals surface area contributed by atoms with Gasteiger partial charge in [-0.1, -0.05) is 135 Å². The standard InChI is InChI=1S/C24H51P.C6H5NO2.C5H12N2O/c1-4-7-10-13-16-19-22-25(23-20-17-14-11-8-5-2)24-21-18-15-12-9-6-3;8-7(9)6-4-2-1-3-5-6;1-6(2)5(8)7(3)4/h4-24H2,1-3H3;1-5H;1-4H3. The van der Waals surface area contributed by atoms with Crippen LogP contribution in [0.25, 0.3) is 0 Å². The van der Waals surface area contributed by atoms with Gasteiger partial charge in [-0.2, -0.15) is 0 Å². The van der Waals surface area contributed by atoms with Gasteiger partial charge in [0.1, 0.15) is 0 Å². The monoisotopic (exact) mass is 609 g/mol. The number of nitro benzene ring substituents is 1. The maximum atomic E-state index is 10.7. The summed E-state index contributed by atoms with van der Waals surface area (Å²) in [5.41, 5.74) is 0.137. The van der Waals surface area contributed by atoms with Gasteiger partial charge < -0.3 is 9.80 Å². The molecule has 0 N–H and O–H groups in total. The van der Waals surface area contributed by atoms with Crippen LogP contribution in [0.15, 0.2) is 30.3 Å². The van der Waals surface area contributed by atoms with Crippen LogP contribution in [0.1, 0.15) is 136 Å². The van der Waals surface area contributed by atoms with Crippen molar-refractivity contribution in [2.75, 3.05) is 46.7 Å². The average molecular weight is 610 g/mol. The zero-order valence-electron chi connectivity index (χ0n) is 28.7. The predicted octanol–water partition coefficient (Wildman–Crippen LogP) is 11.4. The number of nitrogens with zero attached hydrogens (tertiary/aromatic N) is 3. The highest BCUT2D eigenvalue weighted by Crippen LogP contribution is 2.39. The molecule has 0 heterocycles. The van der Waals surface area contributed by atoms with E-state index in [9.17, 15) is 14.9 Å². The maximum absolute atomic E-state index is 10.7. The molecule has 42 heavy (non-hydrogen) atoms. The van der Waals surface area contributed by atoms with Crippen molar-refractivity contribution in [3.8, 4) is 0 Å². The summed E-state index contributed by atoms with van der Waals surface area (Å²) in [6.45, 7) is 6.96. The molecular formula is C35H68N3O3P. The lowest BCUT2D eigenvalue weighted by Crippen LogP contribution is -2.33. The fourth-order valence-electron chi connectivity index (χ4n) is 4.63. The summed E-state index contributed by atoms with van der Waals surface area (Å²) in [6.07, 6.45) is 31.2. The highest BCUT2D eigenvalue weighted by Gasteiger charge is 2.08. The van der Waals surface area contributed by atoms with E-state index in [2.05, 4.69) is 20.8 Å². The molecule has 0 saturated heterocycles. The minimum atomic E-state index is -0.417. The smallest absolute Gasteiger partial charge is 0.318 e. The van der Waals surface area contributed by atoms with Crippen molar-refractivity contribution in [1.82, 2.24) is 9.80 Å². The van der Waals surface area contributed by atoms with Crippen LogP contribution in [-0.2, 0) is 0 Å². The van der Waals surface area contributed by atoms with E-state index in [1.54, 1.807) is 64.9 Å². The SMILES string of the molecule is CCCCCCCCP(CCCCCCCC)CCCCCCCC.CN(C)C(=O)N(C)C.O=[N+]([O-])c1ccccc1. The molecule has 0 unspecified atom stereocenters. The maximum Gasteiger partial charge on any atom is 0.318 e. The Morgan fingerprint density at radius 3 is 1.14 bits per heavy atom. The number of urea groups is 1. The zero-order chi connectivity index (χ0) is 31.8. The molecule has 0 aliphatic rings. The van der Waals surface area contributed by atoms with Crippen LogP contribution >= 0.6 is 7.92 Å². The molecule has 246 valence electrons. The molecule has 0 saturated carbocycles. The molecule has 0 aromatic heterocycles. The number of carbonyl (C=O) groups excluding carboxylic acids is 1. The normalized spacial score (nSPS) is 10.4. The first-order valence-corrected chi connectivity index (χ1v) is 18.9. The lowest BCUT2D eigenvalue weighted by atomic mass is 10.1. The van der Waals surface area contributed by atoms with Crippen LogP contribution in [0.3, 0.4) is 0 Å². The summed E-state index contributed by atoms with van der Waals surface area (Å²) in [6, 6.07) is 7.95. The summed E-state index contributed by atoms with van der Waals surface area (Å²) in [5.74, 6) is 0. The largest absolute Gasteiger partial charge is 0.331 e. The van der Waals surface area contributed by atoms with E-state index >= 15 is 0 Å². The number of benzene rings is 1. The molecule has 6 nitrogen and oxygen atoms in total. The predicted molar refractivity (Wildman–Crippen MR) is 188 cm³/mol. The van der Waals surface area contributed by atoms with Crippen molar-refractivity contribution in [2.45, 2.75) is 136 Å². The van der Waals surface area contributed by atoms with Gasteiger partial charge >= 0.3 is 6.03 Å². The molecule has 1 rings (SSSR count). The van der Waals surface area contributed by atoms with E-state index in [-0.39, 0.29) is 11.7 Å². The zero-order valence-corrected chi connectivity index (χ0v) is 29.6. The van der Waals surface area contributed by atoms with Crippen molar-refractivity contribution in [3.05, 3.63) is 40.4 Å². The summed E-state index contributed by atoms with van der Waals surface area (Å²) >= 11 is 0. The second-order valence-corrected chi connectivity index (χ2v) is 14.5. The number of para-hydroxylation sites is 1. The van der Waals surface area contributed by atoms with Crippen LogP contribution in [0.5, 0.6) is 0 Å². The van der Waals surface area contributed by atoms with Crippen molar-refractivity contribution < 1.29 is 9.72 Å². The Morgan fingerprint density at radius 2 is 0.905 bits per heavy atom. The molecule has 0 fully saturated rings. The van der Waals surface area contributed by atoms with E-state index in [4.69, 9.17) is 0 Å². The van der Waals surface area contributed by atoms with Gasteiger partial charge in [0.25, 0.3) is 5.69 Å². The number of hydrogen-bond acceptors (Lipinski definition) is 3. The lowest BCUT2D eigenvalue weighted by molar-refractivity contribution is -0.384. The van der Waals surface area contributed by atoms with Crippen molar-refractivity contribution >= 4 is 19.6 Å². The molecule has 0 atom stereocenters. The Morgan fingerprint density at radius 1 is 0.595 bits per heavy atom. The minimum absolute atomic E-state index is 0.0185. The molecule has 0 aliphatic heterocycles. The van der Waals surface area contributed by atoms with Gasteiger partial charge in [-0.15, -0.1) is 7.92 Å². The fraction of sp³-hybridized carbons (Fsp3) is 0.800. The second kappa shape index (κ2) is 32.2. The van der Waals surface area contributed by atoms with Gasteiger partial charge in [0, 0.05) is 40.3 Å². The van der Waals surface area contributed by atoms with Gasteiger partial charge in [-0.25, -0.2) is 4.79 Å². The molecule has 0 bridgehead atoms. The molecule has 1 aromatic carbocycles. The third-order valence-corrected chi connectivity index (χ3v) is 10.1. The molecule has 7 heteroatoms. The van der Waals surface area contributed by atoms with E-state index < -0.39 is 4.92 Å². The summed E-state index contributed by atoms with van der Waals surface area (Å²) in [5, 5.41) is 10.0. The number of non-ortho nitro benzene ring substituents is 1. The Kier molecular flexibility index (Phi) is 32.6. The Hall–Kier alpha value is -1.68. The van der Waals surface area contributed by atoms with E-state index in [1.807, 2.05) is 0 Å². The summed E-state index contributed by atoms with van der Waals surface area (Å²) in [4.78, 5) is 23.3. The van der Waals surface area contributed by atoms with Crippen LogP contribution in [0, 0.1) is 10.1 Å². The molecular weight excluding hydrogens is 541 g/mol. The van der Waals surface area contributed by atoms with Crippen LogP contribution < -0.4 is 0 Å². The van der Waals surface area contributed by atoms with Crippen molar-refractivity contribution in [3.63, 3.8) is 0 Å². The molecule has 1 aromatic rings. The molecule has 0 radical (unpaired) electrons. The molecule has 0 spiro atoms. The van der Waals surface area contributed by atoms with E-state index in [0.717, 1.165) is 0 Å².